The Morgan fingerprint density at radius 1 is 1.05 bits per heavy atom. The van der Waals surface area contributed by atoms with E-state index in [9.17, 15) is 14.0 Å². The zero-order valence-electron chi connectivity index (χ0n) is 25.1. The predicted molar refractivity (Wildman–Crippen MR) is 172 cm³/mol. The van der Waals surface area contributed by atoms with Crippen LogP contribution in [0.2, 0.25) is 0 Å². The molecule has 0 N–H and O–H groups in total. The molecule has 1 aliphatic rings. The van der Waals surface area contributed by atoms with E-state index < -0.39 is 6.04 Å². The minimum Gasteiger partial charge on any atom is -0.496 e. The Kier molecular flexibility index (Phi) is 8.05. The minimum atomic E-state index is -0.708. The lowest BCUT2D eigenvalue weighted by Crippen LogP contribution is -2.43. The molecule has 0 aliphatic carbocycles. The van der Waals surface area contributed by atoms with Crippen LogP contribution in [0.15, 0.2) is 100 Å². The molecule has 44 heavy (non-hydrogen) atoms. The molecule has 7 nitrogen and oxygen atoms in total. The van der Waals surface area contributed by atoms with Crippen LogP contribution in [0.25, 0.3) is 17.0 Å². The lowest BCUT2D eigenvalue weighted by molar-refractivity contribution is -0.127. The highest BCUT2D eigenvalue weighted by atomic mass is 32.1. The van der Waals surface area contributed by atoms with Gasteiger partial charge in [-0.25, -0.2) is 9.38 Å². The molecule has 0 spiro atoms. The molecule has 9 heteroatoms. The first-order valence-electron chi connectivity index (χ1n) is 14.6. The number of benzene rings is 3. The van der Waals surface area contributed by atoms with E-state index in [2.05, 4.69) is 0 Å². The number of halogens is 1. The van der Waals surface area contributed by atoms with E-state index in [0.717, 1.165) is 16.5 Å². The van der Waals surface area contributed by atoms with Gasteiger partial charge in [-0.15, -0.1) is 0 Å². The van der Waals surface area contributed by atoms with E-state index in [-0.39, 0.29) is 17.3 Å². The number of hydrogen-bond donors (Lipinski definition) is 0. The largest absolute Gasteiger partial charge is 0.496 e. The van der Waals surface area contributed by atoms with E-state index in [0.29, 0.717) is 57.1 Å². The molecular weight excluding hydrogens is 575 g/mol. The number of carbonyl (C=O) groups excluding carboxylic acids is 1. The van der Waals surface area contributed by atoms with Gasteiger partial charge >= 0.3 is 0 Å². The summed E-state index contributed by atoms with van der Waals surface area (Å²) in [5, 5.41) is 0.949. The summed E-state index contributed by atoms with van der Waals surface area (Å²) in [5.41, 5.74) is 3.86. The van der Waals surface area contributed by atoms with Crippen molar-refractivity contribution in [2.75, 3.05) is 20.2 Å². The molecule has 2 aromatic heterocycles. The molecule has 3 heterocycles. The van der Waals surface area contributed by atoms with E-state index in [1.165, 1.54) is 17.4 Å². The summed E-state index contributed by atoms with van der Waals surface area (Å²) < 4.78 is 24.4. The summed E-state index contributed by atoms with van der Waals surface area (Å²) in [4.78, 5) is 35.3. The average Bonchev–Trinajstić information content (AvgIpc) is 3.54. The third kappa shape index (κ3) is 5.07. The summed E-state index contributed by atoms with van der Waals surface area (Å²) in [5.74, 6) is 0.169. The maximum absolute atomic E-state index is 14.5. The number of amides is 1. The average molecular weight is 609 g/mol. The topological polar surface area (TPSA) is 68.8 Å². The molecule has 224 valence electrons. The number of allylic oxidation sites excluding steroid dienone is 1. The number of aromatic nitrogens is 2. The highest BCUT2D eigenvalue weighted by Gasteiger charge is 2.35. The number of carbonyl (C=O) groups is 1. The van der Waals surface area contributed by atoms with Crippen molar-refractivity contribution in [2.45, 2.75) is 33.4 Å². The molecule has 3 aromatic carbocycles. The van der Waals surface area contributed by atoms with Crippen molar-refractivity contribution in [3.05, 3.63) is 132 Å². The summed E-state index contributed by atoms with van der Waals surface area (Å²) in [6.45, 7) is 7.12. The van der Waals surface area contributed by atoms with Crippen molar-refractivity contribution in [3.63, 3.8) is 0 Å². The number of fused-ring (bicyclic) bond motifs is 2. The van der Waals surface area contributed by atoms with Gasteiger partial charge in [-0.1, -0.05) is 65.9 Å². The van der Waals surface area contributed by atoms with Gasteiger partial charge in [-0.3, -0.25) is 14.2 Å². The first kappa shape index (κ1) is 29.3. The van der Waals surface area contributed by atoms with Gasteiger partial charge in [0.1, 0.15) is 17.6 Å². The third-order valence-electron chi connectivity index (χ3n) is 8.14. The van der Waals surface area contributed by atoms with Gasteiger partial charge in [0, 0.05) is 46.9 Å². The first-order valence-corrected chi connectivity index (χ1v) is 15.4. The molecule has 0 fully saturated rings. The summed E-state index contributed by atoms with van der Waals surface area (Å²) in [6.07, 6.45) is 3.82. The Hall–Kier alpha value is -4.76. The van der Waals surface area contributed by atoms with Gasteiger partial charge in [-0.05, 0) is 45.0 Å². The van der Waals surface area contributed by atoms with Crippen molar-refractivity contribution in [1.29, 1.82) is 0 Å². The molecule has 0 saturated heterocycles. The zero-order valence-corrected chi connectivity index (χ0v) is 25.9. The van der Waals surface area contributed by atoms with Crippen LogP contribution in [0.1, 0.15) is 43.5 Å². The molecule has 5 aromatic rings. The van der Waals surface area contributed by atoms with E-state index >= 15 is 0 Å². The quantitative estimate of drug-likeness (QED) is 0.242. The monoisotopic (exact) mass is 608 g/mol. The number of thiazole rings is 1. The molecule has 0 radical (unpaired) electrons. The number of para-hydroxylation sites is 2. The minimum absolute atomic E-state index is 0.155. The van der Waals surface area contributed by atoms with Crippen LogP contribution in [0, 0.1) is 5.82 Å². The predicted octanol–water partition coefficient (Wildman–Crippen LogP) is 5.25. The second-order valence-corrected chi connectivity index (χ2v) is 11.6. The second kappa shape index (κ2) is 12.1. The van der Waals surface area contributed by atoms with Crippen molar-refractivity contribution in [2.24, 2.45) is 4.99 Å². The standard InChI is InChI=1S/C35H33FN4O3S/c1-5-38(6-2)34(42)31-22(3)37-35-40(32(31)26-15-9-12-18-29(26)43-4)33(41)30(44-35)19-24-21-39(28-17-11-8-14-25(24)28)20-23-13-7-10-16-27(23)36/h7-19,21,32H,5-6,20H2,1-4H3/b30-19+/t32-/m0/s1. The summed E-state index contributed by atoms with van der Waals surface area (Å²) in [6, 6.07) is 21.4. The van der Waals surface area contributed by atoms with Gasteiger partial charge in [0.2, 0.25) is 0 Å². The SMILES string of the molecule is CCN(CC)C(=O)C1=C(C)N=c2s/c(=C/c3cn(Cc4ccccc4F)c4ccccc34)c(=O)n2[C@H]1c1ccccc1OC. The molecular formula is C35H33FN4O3S. The number of ether oxygens (including phenoxy) is 1. The van der Waals surface area contributed by atoms with Crippen LogP contribution in [0.4, 0.5) is 4.39 Å². The maximum Gasteiger partial charge on any atom is 0.271 e. The van der Waals surface area contributed by atoms with Crippen molar-refractivity contribution >= 4 is 34.2 Å². The van der Waals surface area contributed by atoms with Crippen LogP contribution in [0.5, 0.6) is 5.75 Å². The molecule has 1 aliphatic heterocycles. The summed E-state index contributed by atoms with van der Waals surface area (Å²) >= 11 is 1.29. The van der Waals surface area contributed by atoms with Crippen molar-refractivity contribution in [1.82, 2.24) is 14.0 Å². The highest BCUT2D eigenvalue weighted by Crippen LogP contribution is 2.36. The fraction of sp³-hybridized carbons (Fsp3) is 0.229. The maximum atomic E-state index is 14.5. The van der Waals surface area contributed by atoms with E-state index in [1.54, 1.807) is 28.7 Å². The Morgan fingerprint density at radius 2 is 1.75 bits per heavy atom. The van der Waals surface area contributed by atoms with Crippen LogP contribution < -0.4 is 19.6 Å². The van der Waals surface area contributed by atoms with Gasteiger partial charge < -0.3 is 14.2 Å². The van der Waals surface area contributed by atoms with Gasteiger partial charge in [0.15, 0.2) is 4.80 Å². The lowest BCUT2D eigenvalue weighted by Gasteiger charge is -2.29. The van der Waals surface area contributed by atoms with Crippen LogP contribution >= 0.6 is 11.3 Å². The normalized spacial score (nSPS) is 14.9. The molecule has 1 atom stereocenters. The zero-order chi connectivity index (χ0) is 31.0. The summed E-state index contributed by atoms with van der Waals surface area (Å²) in [7, 11) is 1.59. The lowest BCUT2D eigenvalue weighted by atomic mass is 9.94. The fourth-order valence-electron chi connectivity index (χ4n) is 5.94. The van der Waals surface area contributed by atoms with Gasteiger partial charge in [0.25, 0.3) is 11.5 Å². The Morgan fingerprint density at radius 3 is 2.50 bits per heavy atom. The molecule has 1 amide bonds. The Labute approximate surface area is 258 Å². The van der Waals surface area contributed by atoms with Gasteiger partial charge in [0.05, 0.1) is 29.5 Å². The first-order chi connectivity index (χ1) is 21.4. The fourth-order valence-corrected chi connectivity index (χ4v) is 6.97. The molecule has 0 unspecified atom stereocenters. The van der Waals surface area contributed by atoms with Gasteiger partial charge in [-0.2, -0.15) is 0 Å². The molecule has 0 saturated carbocycles. The highest BCUT2D eigenvalue weighted by molar-refractivity contribution is 7.07. The molecule has 6 rings (SSSR count). The smallest absolute Gasteiger partial charge is 0.271 e. The van der Waals surface area contributed by atoms with E-state index in [4.69, 9.17) is 9.73 Å². The Bertz CT molecular complexity index is 2100. The number of methoxy groups -OCH3 is 1. The van der Waals surface area contributed by atoms with Crippen molar-refractivity contribution < 1.29 is 13.9 Å². The van der Waals surface area contributed by atoms with Crippen LogP contribution in [0.3, 0.4) is 0 Å². The van der Waals surface area contributed by atoms with Crippen LogP contribution in [-0.4, -0.2) is 40.1 Å². The number of hydrogen-bond acceptors (Lipinski definition) is 5. The Balaban J connectivity index is 1.54. The van der Waals surface area contributed by atoms with E-state index in [1.807, 2.05) is 92.2 Å². The van der Waals surface area contributed by atoms with Crippen molar-refractivity contribution in [3.8, 4) is 5.75 Å². The number of nitrogens with zero attached hydrogens (tertiary/aromatic N) is 4. The third-order valence-corrected chi connectivity index (χ3v) is 9.12. The number of rotatable bonds is 8. The van der Waals surface area contributed by atoms with Crippen LogP contribution in [-0.2, 0) is 11.3 Å². The second-order valence-electron chi connectivity index (χ2n) is 10.6. The molecule has 0 bridgehead atoms. The number of likely N-dealkylation sites (N-methyl/N-ethyl adjacent to an activating group) is 1.